The van der Waals surface area contributed by atoms with Crippen LogP contribution in [0.3, 0.4) is 0 Å². The van der Waals surface area contributed by atoms with Gasteiger partial charge in [0.05, 0.1) is 31.7 Å². The van der Waals surface area contributed by atoms with E-state index in [9.17, 15) is 4.79 Å². The Hall–Kier alpha value is -4.52. The van der Waals surface area contributed by atoms with Crippen LogP contribution in [0, 0.1) is 13.8 Å². The second-order valence-electron chi connectivity index (χ2n) is 8.97. The lowest BCUT2D eigenvalue weighted by Gasteiger charge is -2.22. The van der Waals surface area contributed by atoms with Crippen LogP contribution in [-0.4, -0.2) is 41.2 Å². The van der Waals surface area contributed by atoms with Gasteiger partial charge in [-0.2, -0.15) is 0 Å². The Kier molecular flexibility index (Phi) is 6.68. The van der Waals surface area contributed by atoms with E-state index >= 15 is 0 Å². The number of amides is 1. The van der Waals surface area contributed by atoms with Crippen molar-refractivity contribution in [2.75, 3.05) is 20.8 Å². The number of nitrogens with zero attached hydrogens (tertiary/aromatic N) is 2. The van der Waals surface area contributed by atoms with Crippen LogP contribution in [0.15, 0.2) is 79.3 Å². The zero-order valence-electron chi connectivity index (χ0n) is 21.4. The SMILES string of the molecule is COc1cccc(C(CNC(=O)c2cc(C)n(-c3cccnc3)c2C)c2c[nH]c3ccccc23)c1OC. The molecule has 1 atom stereocenters. The summed E-state index contributed by atoms with van der Waals surface area (Å²) in [5.74, 6) is 1.00. The number of H-pyrrole nitrogens is 1. The summed E-state index contributed by atoms with van der Waals surface area (Å²) in [6, 6.07) is 19.8. The molecule has 3 aromatic heterocycles. The first-order valence-electron chi connectivity index (χ1n) is 12.2. The predicted octanol–water partition coefficient (Wildman–Crippen LogP) is 5.55. The van der Waals surface area contributed by atoms with Gasteiger partial charge in [-0.1, -0.05) is 30.3 Å². The minimum atomic E-state index is -0.174. The van der Waals surface area contributed by atoms with Crippen LogP contribution in [0.2, 0.25) is 0 Å². The first-order chi connectivity index (χ1) is 18.0. The molecule has 7 nitrogen and oxygen atoms in total. The fourth-order valence-corrected chi connectivity index (χ4v) is 5.12. The number of ether oxygens (including phenoxy) is 2. The number of rotatable bonds is 8. The summed E-state index contributed by atoms with van der Waals surface area (Å²) in [6.45, 7) is 4.32. The highest BCUT2D eigenvalue weighted by Gasteiger charge is 2.25. The van der Waals surface area contributed by atoms with E-state index in [2.05, 4.69) is 21.4 Å². The number of para-hydroxylation sites is 2. The molecule has 1 unspecified atom stereocenters. The van der Waals surface area contributed by atoms with E-state index in [4.69, 9.17) is 9.47 Å². The summed E-state index contributed by atoms with van der Waals surface area (Å²) in [7, 11) is 3.27. The van der Waals surface area contributed by atoms with Crippen LogP contribution < -0.4 is 14.8 Å². The second-order valence-corrected chi connectivity index (χ2v) is 8.97. The molecular formula is C30H30N4O3. The third-order valence-corrected chi connectivity index (χ3v) is 6.85. The van der Waals surface area contributed by atoms with Crippen LogP contribution in [0.5, 0.6) is 11.5 Å². The molecule has 2 N–H and O–H groups in total. The maximum absolute atomic E-state index is 13.5. The van der Waals surface area contributed by atoms with Gasteiger partial charge in [-0.3, -0.25) is 9.78 Å². The number of hydrogen-bond acceptors (Lipinski definition) is 4. The number of nitrogens with one attached hydrogen (secondary N) is 2. The van der Waals surface area contributed by atoms with Crippen LogP contribution in [0.25, 0.3) is 16.6 Å². The first-order valence-corrected chi connectivity index (χ1v) is 12.2. The molecule has 0 spiro atoms. The van der Waals surface area contributed by atoms with E-state index in [0.29, 0.717) is 23.6 Å². The highest BCUT2D eigenvalue weighted by molar-refractivity contribution is 5.96. The van der Waals surface area contributed by atoms with Gasteiger partial charge in [-0.15, -0.1) is 0 Å². The molecule has 37 heavy (non-hydrogen) atoms. The van der Waals surface area contributed by atoms with Gasteiger partial charge in [0.2, 0.25) is 0 Å². The molecule has 0 aliphatic rings. The van der Waals surface area contributed by atoms with Gasteiger partial charge in [-0.05, 0) is 49.7 Å². The molecule has 188 valence electrons. The van der Waals surface area contributed by atoms with Crippen molar-refractivity contribution in [3.63, 3.8) is 0 Å². The number of fused-ring (bicyclic) bond motifs is 1. The van der Waals surface area contributed by atoms with E-state index in [1.165, 1.54) is 0 Å². The Labute approximate surface area is 216 Å². The lowest BCUT2D eigenvalue weighted by atomic mass is 9.89. The molecule has 7 heteroatoms. The van der Waals surface area contributed by atoms with Gasteiger partial charge in [0.1, 0.15) is 0 Å². The largest absolute Gasteiger partial charge is 0.493 e. The number of aryl methyl sites for hydroxylation is 1. The average Bonchev–Trinajstić information content (AvgIpc) is 3.49. The van der Waals surface area contributed by atoms with Gasteiger partial charge in [-0.25, -0.2) is 0 Å². The minimum Gasteiger partial charge on any atom is -0.493 e. The molecule has 0 fully saturated rings. The van der Waals surface area contributed by atoms with Gasteiger partial charge in [0.25, 0.3) is 5.91 Å². The van der Waals surface area contributed by atoms with Crippen molar-refractivity contribution in [2.45, 2.75) is 19.8 Å². The smallest absolute Gasteiger partial charge is 0.253 e. The van der Waals surface area contributed by atoms with Gasteiger partial charge in [0.15, 0.2) is 11.5 Å². The Morgan fingerprint density at radius 3 is 2.62 bits per heavy atom. The summed E-state index contributed by atoms with van der Waals surface area (Å²) in [5.41, 5.74) is 6.45. The quantitative estimate of drug-likeness (QED) is 0.296. The van der Waals surface area contributed by atoms with Crippen molar-refractivity contribution < 1.29 is 14.3 Å². The average molecular weight is 495 g/mol. The van der Waals surface area contributed by atoms with E-state index < -0.39 is 0 Å². The Balaban J connectivity index is 1.51. The van der Waals surface area contributed by atoms with Crippen molar-refractivity contribution in [2.24, 2.45) is 0 Å². The van der Waals surface area contributed by atoms with Crippen LogP contribution in [0.1, 0.15) is 38.8 Å². The van der Waals surface area contributed by atoms with E-state index in [1.54, 1.807) is 26.6 Å². The van der Waals surface area contributed by atoms with Crippen molar-refractivity contribution in [3.8, 4) is 17.2 Å². The molecule has 0 bridgehead atoms. The number of carbonyl (C=O) groups excluding carboxylic acids is 1. The Bertz CT molecular complexity index is 1550. The summed E-state index contributed by atoms with van der Waals surface area (Å²) in [6.07, 6.45) is 5.54. The zero-order valence-corrected chi connectivity index (χ0v) is 21.4. The minimum absolute atomic E-state index is 0.130. The van der Waals surface area contributed by atoms with Gasteiger partial charge in [0, 0.05) is 52.7 Å². The number of aromatic nitrogens is 3. The van der Waals surface area contributed by atoms with Crippen LogP contribution >= 0.6 is 0 Å². The third-order valence-electron chi connectivity index (χ3n) is 6.85. The van der Waals surface area contributed by atoms with Crippen LogP contribution in [-0.2, 0) is 0 Å². The summed E-state index contributed by atoms with van der Waals surface area (Å²) < 4.78 is 13.4. The number of aromatic amines is 1. The fraction of sp³-hybridized carbons (Fsp3) is 0.200. The van der Waals surface area contributed by atoms with E-state index in [0.717, 1.165) is 39.1 Å². The monoisotopic (exact) mass is 494 g/mol. The highest BCUT2D eigenvalue weighted by Crippen LogP contribution is 2.40. The summed E-state index contributed by atoms with van der Waals surface area (Å²) >= 11 is 0. The maximum Gasteiger partial charge on any atom is 0.253 e. The number of benzene rings is 2. The molecule has 1 amide bonds. The normalized spacial score (nSPS) is 11.9. The zero-order chi connectivity index (χ0) is 25.9. The maximum atomic E-state index is 13.5. The third kappa shape index (κ3) is 4.44. The Morgan fingerprint density at radius 1 is 1.03 bits per heavy atom. The summed E-state index contributed by atoms with van der Waals surface area (Å²) in [5, 5.41) is 4.29. The van der Waals surface area contributed by atoms with Crippen molar-refractivity contribution >= 4 is 16.8 Å². The number of hydrogen-bond donors (Lipinski definition) is 2. The van der Waals surface area contributed by atoms with Crippen LogP contribution in [0.4, 0.5) is 0 Å². The molecule has 2 aromatic carbocycles. The molecule has 3 heterocycles. The molecule has 5 rings (SSSR count). The topological polar surface area (TPSA) is 81.2 Å². The number of methoxy groups -OCH3 is 2. The first kappa shape index (κ1) is 24.2. The molecule has 0 aliphatic carbocycles. The second kappa shape index (κ2) is 10.2. The molecular weight excluding hydrogens is 464 g/mol. The van der Waals surface area contributed by atoms with Crippen molar-refractivity contribution in [3.05, 3.63) is 107 Å². The predicted molar refractivity (Wildman–Crippen MR) is 145 cm³/mol. The molecule has 0 radical (unpaired) electrons. The molecule has 0 saturated heterocycles. The van der Waals surface area contributed by atoms with Crippen molar-refractivity contribution in [1.29, 1.82) is 0 Å². The molecule has 5 aromatic rings. The lowest BCUT2D eigenvalue weighted by Crippen LogP contribution is -2.29. The number of pyridine rings is 1. The van der Waals surface area contributed by atoms with E-state index in [1.807, 2.05) is 79.2 Å². The van der Waals surface area contributed by atoms with Gasteiger partial charge < -0.3 is 24.3 Å². The lowest BCUT2D eigenvalue weighted by molar-refractivity contribution is 0.0951. The van der Waals surface area contributed by atoms with Gasteiger partial charge >= 0.3 is 0 Å². The molecule has 0 saturated carbocycles. The Morgan fingerprint density at radius 2 is 1.86 bits per heavy atom. The fourth-order valence-electron chi connectivity index (χ4n) is 5.12. The van der Waals surface area contributed by atoms with Crippen molar-refractivity contribution in [1.82, 2.24) is 19.9 Å². The standard InChI is InChI=1S/C30H30N4O3/c1-19-15-24(20(2)34(19)21-9-8-14-31-16-21)30(35)33-18-26(23-11-7-13-28(36-3)29(23)37-4)25-17-32-27-12-6-5-10-22(25)27/h5-17,26,32H,18H2,1-4H3,(H,33,35). The summed E-state index contributed by atoms with van der Waals surface area (Å²) in [4.78, 5) is 21.1. The molecule has 0 aliphatic heterocycles. The van der Waals surface area contributed by atoms with E-state index in [-0.39, 0.29) is 11.8 Å². The number of carbonyl (C=O) groups is 1. The highest BCUT2D eigenvalue weighted by atomic mass is 16.5.